The van der Waals surface area contributed by atoms with Gasteiger partial charge in [0.05, 0.1) is 29.4 Å². The van der Waals surface area contributed by atoms with E-state index in [4.69, 9.17) is 9.47 Å². The average Bonchev–Trinajstić information content (AvgIpc) is 3.00. The van der Waals surface area contributed by atoms with Crippen molar-refractivity contribution in [1.82, 2.24) is 14.4 Å². The third-order valence-electron chi connectivity index (χ3n) is 4.86. The summed E-state index contributed by atoms with van der Waals surface area (Å²) in [5, 5.41) is 0. The van der Waals surface area contributed by atoms with Crippen LogP contribution in [0.25, 0.3) is 16.8 Å². The first kappa shape index (κ1) is 18.7. The van der Waals surface area contributed by atoms with Gasteiger partial charge < -0.3 is 18.9 Å². The van der Waals surface area contributed by atoms with Gasteiger partial charge in [0.15, 0.2) is 9.84 Å². The molecule has 0 aromatic carbocycles. The number of ether oxygens (including phenoxy) is 2. The van der Waals surface area contributed by atoms with E-state index in [1.54, 1.807) is 22.9 Å². The number of rotatable bonds is 4. The van der Waals surface area contributed by atoms with Gasteiger partial charge in [-0.2, -0.15) is 0 Å². The van der Waals surface area contributed by atoms with Crippen molar-refractivity contribution in [3.8, 4) is 17.1 Å². The molecule has 0 atom stereocenters. The van der Waals surface area contributed by atoms with Crippen LogP contribution >= 0.6 is 0 Å². The Hall–Kier alpha value is -2.65. The molecule has 1 N–H and O–H groups in total. The molecule has 1 aliphatic heterocycles. The van der Waals surface area contributed by atoms with Gasteiger partial charge in [0.2, 0.25) is 5.88 Å². The van der Waals surface area contributed by atoms with Crippen molar-refractivity contribution in [3.63, 3.8) is 0 Å². The Labute approximate surface area is 162 Å². The van der Waals surface area contributed by atoms with Crippen molar-refractivity contribution >= 4 is 15.4 Å². The third-order valence-corrected chi connectivity index (χ3v) is 5.94. The quantitative estimate of drug-likeness (QED) is 0.714. The fourth-order valence-electron chi connectivity index (χ4n) is 3.43. The van der Waals surface area contributed by atoms with E-state index in [1.165, 1.54) is 6.20 Å². The molecular weight excluding hydrogens is 382 g/mol. The molecule has 8 nitrogen and oxygen atoms in total. The molecule has 0 radical (unpaired) electrons. The summed E-state index contributed by atoms with van der Waals surface area (Å²) in [6, 6.07) is 3.39. The molecule has 3 aromatic heterocycles. The molecule has 0 amide bonds. The van der Waals surface area contributed by atoms with Gasteiger partial charge in [-0.25, -0.2) is 13.4 Å². The number of aryl methyl sites for hydroxylation is 1. The van der Waals surface area contributed by atoms with Gasteiger partial charge in [-0.15, -0.1) is 0 Å². The molecular formula is C19H21N3O5S. The minimum atomic E-state index is -3.45. The molecule has 0 bridgehead atoms. The smallest absolute Gasteiger partial charge is 0.272 e. The second-order valence-electron chi connectivity index (χ2n) is 6.95. The molecule has 0 unspecified atom stereocenters. The number of nitrogens with one attached hydrogen (secondary N) is 1. The zero-order valence-corrected chi connectivity index (χ0v) is 16.5. The number of hydrogen-bond acceptors (Lipinski definition) is 6. The van der Waals surface area contributed by atoms with Crippen LogP contribution in [0.3, 0.4) is 0 Å². The molecule has 0 spiro atoms. The Morgan fingerprint density at radius 3 is 2.75 bits per heavy atom. The Bertz CT molecular complexity index is 1190. The number of H-pyrrole nitrogens is 1. The second-order valence-corrected chi connectivity index (χ2v) is 8.96. The summed E-state index contributed by atoms with van der Waals surface area (Å²) in [4.78, 5) is 19.3. The monoisotopic (exact) mass is 403 g/mol. The van der Waals surface area contributed by atoms with Crippen molar-refractivity contribution in [1.29, 1.82) is 0 Å². The number of aromatic nitrogens is 3. The largest absolute Gasteiger partial charge is 0.474 e. The Morgan fingerprint density at radius 2 is 2.04 bits per heavy atom. The average molecular weight is 403 g/mol. The summed E-state index contributed by atoms with van der Waals surface area (Å²) in [5.41, 5.74) is 2.24. The molecule has 4 heterocycles. The maximum atomic E-state index is 12.2. The molecule has 3 aromatic rings. The molecule has 0 aliphatic carbocycles. The molecule has 4 rings (SSSR count). The highest BCUT2D eigenvalue weighted by molar-refractivity contribution is 7.90. The Kier molecular flexibility index (Phi) is 4.72. The Morgan fingerprint density at radius 1 is 1.29 bits per heavy atom. The maximum absolute atomic E-state index is 12.2. The molecule has 148 valence electrons. The summed E-state index contributed by atoms with van der Waals surface area (Å²) in [6.45, 7) is 3.06. The Balaban J connectivity index is 1.90. The number of pyridine rings is 1. The van der Waals surface area contributed by atoms with Crippen LogP contribution in [0.15, 0.2) is 40.4 Å². The minimum absolute atomic E-state index is 0.0557. The van der Waals surface area contributed by atoms with E-state index in [1.807, 2.05) is 13.0 Å². The van der Waals surface area contributed by atoms with Crippen LogP contribution in [0, 0.1) is 6.92 Å². The van der Waals surface area contributed by atoms with Crippen LogP contribution in [0.5, 0.6) is 5.88 Å². The lowest BCUT2D eigenvalue weighted by atomic mass is 10.1. The summed E-state index contributed by atoms with van der Waals surface area (Å²) in [7, 11) is -3.45. The van der Waals surface area contributed by atoms with Crippen molar-refractivity contribution < 1.29 is 17.9 Å². The van der Waals surface area contributed by atoms with E-state index >= 15 is 0 Å². The number of nitrogens with zero attached hydrogens (tertiary/aromatic N) is 2. The first-order valence-electron chi connectivity index (χ1n) is 8.99. The molecule has 1 saturated heterocycles. The van der Waals surface area contributed by atoms with Gasteiger partial charge in [-0.1, -0.05) is 0 Å². The predicted molar refractivity (Wildman–Crippen MR) is 104 cm³/mol. The lowest BCUT2D eigenvalue weighted by molar-refractivity contribution is 0.0239. The lowest BCUT2D eigenvalue weighted by Gasteiger charge is -2.24. The van der Waals surface area contributed by atoms with E-state index in [0.717, 1.165) is 24.7 Å². The minimum Gasteiger partial charge on any atom is -0.474 e. The van der Waals surface area contributed by atoms with Gasteiger partial charge >= 0.3 is 0 Å². The van der Waals surface area contributed by atoms with Gasteiger partial charge in [-0.3, -0.25) is 4.79 Å². The van der Waals surface area contributed by atoms with Gasteiger partial charge in [0.25, 0.3) is 5.56 Å². The standard InChI is InChI=1S/C19H21N3O5S/c1-12-9-16(22-6-5-20-18(23)17(12)22)15-10-14(28(2,24)25)11-21-19(15)27-13-3-7-26-8-4-13/h5-6,9-11,13H,3-4,7-8H2,1-2H3,(H,20,23). The van der Waals surface area contributed by atoms with E-state index in [9.17, 15) is 13.2 Å². The zero-order valence-electron chi connectivity index (χ0n) is 15.6. The fourth-order valence-corrected chi connectivity index (χ4v) is 4.00. The highest BCUT2D eigenvalue weighted by atomic mass is 32.2. The number of aromatic amines is 1. The van der Waals surface area contributed by atoms with Crippen LogP contribution in [-0.4, -0.2) is 48.4 Å². The van der Waals surface area contributed by atoms with Gasteiger partial charge in [0.1, 0.15) is 11.6 Å². The van der Waals surface area contributed by atoms with Crippen LogP contribution in [0.4, 0.5) is 0 Å². The van der Waals surface area contributed by atoms with E-state index in [-0.39, 0.29) is 16.6 Å². The van der Waals surface area contributed by atoms with Crippen molar-refractivity contribution in [2.24, 2.45) is 0 Å². The molecule has 0 saturated carbocycles. The number of sulfone groups is 1. The second kappa shape index (κ2) is 7.06. The highest BCUT2D eigenvalue weighted by Crippen LogP contribution is 2.34. The zero-order chi connectivity index (χ0) is 19.9. The van der Waals surface area contributed by atoms with Crippen LogP contribution in [0.1, 0.15) is 18.4 Å². The number of hydrogen-bond donors (Lipinski definition) is 1. The summed E-state index contributed by atoms with van der Waals surface area (Å²) >= 11 is 0. The van der Waals surface area contributed by atoms with E-state index in [2.05, 4.69) is 9.97 Å². The summed E-state index contributed by atoms with van der Waals surface area (Å²) < 4.78 is 37.4. The topological polar surface area (TPSA) is 103 Å². The lowest BCUT2D eigenvalue weighted by Crippen LogP contribution is -2.26. The first-order valence-corrected chi connectivity index (χ1v) is 10.9. The summed E-state index contributed by atoms with van der Waals surface area (Å²) in [5.74, 6) is 0.346. The molecule has 28 heavy (non-hydrogen) atoms. The highest BCUT2D eigenvalue weighted by Gasteiger charge is 2.22. The fraction of sp³-hybridized carbons (Fsp3) is 0.368. The first-order chi connectivity index (χ1) is 13.3. The predicted octanol–water partition coefficient (Wildman–Crippen LogP) is 1.96. The summed E-state index contributed by atoms with van der Waals surface area (Å²) in [6.07, 6.45) is 7.14. The molecule has 9 heteroatoms. The van der Waals surface area contributed by atoms with Crippen molar-refractivity contribution in [2.45, 2.75) is 30.8 Å². The molecule has 1 fully saturated rings. The van der Waals surface area contributed by atoms with E-state index < -0.39 is 9.84 Å². The van der Waals surface area contributed by atoms with Gasteiger partial charge in [0, 0.05) is 37.7 Å². The van der Waals surface area contributed by atoms with Crippen molar-refractivity contribution in [3.05, 3.63) is 46.6 Å². The maximum Gasteiger partial charge on any atom is 0.272 e. The van der Waals surface area contributed by atoms with Gasteiger partial charge in [-0.05, 0) is 24.6 Å². The normalized spacial score (nSPS) is 15.8. The number of fused-ring (bicyclic) bond motifs is 1. The van der Waals surface area contributed by atoms with Crippen molar-refractivity contribution in [2.75, 3.05) is 19.5 Å². The van der Waals surface area contributed by atoms with Crippen LogP contribution < -0.4 is 10.3 Å². The SMILES string of the molecule is Cc1cc(-c2cc(S(C)(=O)=O)cnc2OC2CCOCC2)n2cc[nH]c(=O)c12. The van der Waals surface area contributed by atoms with Crippen LogP contribution in [-0.2, 0) is 14.6 Å². The van der Waals surface area contributed by atoms with E-state index in [0.29, 0.717) is 35.9 Å². The molecule has 1 aliphatic rings. The van der Waals surface area contributed by atoms with Crippen LogP contribution in [0.2, 0.25) is 0 Å². The third kappa shape index (κ3) is 3.43.